The van der Waals surface area contributed by atoms with Gasteiger partial charge < -0.3 is 19.6 Å². The Morgan fingerprint density at radius 1 is 1.06 bits per heavy atom. The van der Waals surface area contributed by atoms with E-state index in [1.807, 2.05) is 37.0 Å². The van der Waals surface area contributed by atoms with Crippen molar-refractivity contribution < 1.29 is 23.1 Å². The number of allylic oxidation sites excluding steroid dienone is 5. The molecule has 8 nitrogen and oxygen atoms in total. The molecule has 2 saturated heterocycles. The van der Waals surface area contributed by atoms with Gasteiger partial charge in [-0.15, -0.1) is 0 Å². The Labute approximate surface area is 208 Å². The van der Waals surface area contributed by atoms with Crippen LogP contribution < -0.4 is 0 Å². The highest BCUT2D eigenvalue weighted by atomic mass is 32.2. The van der Waals surface area contributed by atoms with Crippen molar-refractivity contribution in [3.05, 3.63) is 34.8 Å². The lowest BCUT2D eigenvalue weighted by atomic mass is 10.1. The quantitative estimate of drug-likeness (QED) is 0.540. The first-order valence-corrected chi connectivity index (χ1v) is 13.5. The third kappa shape index (κ3) is 10.8. The number of nitrogens with zero attached hydrogens (tertiary/aromatic N) is 3. The van der Waals surface area contributed by atoms with Crippen LogP contribution in [-0.2, 0) is 19.6 Å². The zero-order valence-electron chi connectivity index (χ0n) is 22.3. The van der Waals surface area contributed by atoms with Gasteiger partial charge in [0.2, 0.25) is 15.9 Å². The molecule has 0 spiro atoms. The van der Waals surface area contributed by atoms with Gasteiger partial charge in [0.25, 0.3) is 0 Å². The second-order valence-corrected chi connectivity index (χ2v) is 10.4. The van der Waals surface area contributed by atoms with Crippen molar-refractivity contribution >= 4 is 15.9 Å². The number of hydrogen-bond acceptors (Lipinski definition) is 6. The molecule has 1 amide bonds. The lowest BCUT2D eigenvalue weighted by Gasteiger charge is -2.23. The summed E-state index contributed by atoms with van der Waals surface area (Å²) in [5, 5.41) is 7.00. The molecule has 198 valence electrons. The Bertz CT molecular complexity index is 769. The van der Waals surface area contributed by atoms with Gasteiger partial charge in [0, 0.05) is 46.4 Å². The van der Waals surface area contributed by atoms with E-state index in [1.165, 1.54) is 6.42 Å². The highest BCUT2D eigenvalue weighted by Crippen LogP contribution is 2.24. The molecule has 2 aliphatic heterocycles. The lowest BCUT2D eigenvalue weighted by molar-refractivity contribution is -0.135. The van der Waals surface area contributed by atoms with E-state index in [1.54, 1.807) is 24.4 Å². The molecule has 9 heteroatoms. The molecule has 2 rings (SSSR count). The maximum absolute atomic E-state index is 12.4. The Kier molecular flexibility index (Phi) is 17.0. The van der Waals surface area contributed by atoms with Crippen LogP contribution in [0.1, 0.15) is 52.9 Å². The first-order valence-electron chi connectivity index (χ1n) is 12.0. The van der Waals surface area contributed by atoms with Gasteiger partial charge in [0.05, 0.1) is 4.91 Å². The van der Waals surface area contributed by atoms with Gasteiger partial charge in [0.15, 0.2) is 0 Å². The molecule has 0 saturated carbocycles. The third-order valence-electron chi connectivity index (χ3n) is 5.92. The molecule has 0 bridgehead atoms. The summed E-state index contributed by atoms with van der Waals surface area (Å²) < 4.78 is 31.2. The predicted molar refractivity (Wildman–Crippen MR) is 140 cm³/mol. The molecule has 0 aromatic carbocycles. The standard InChI is InChI=1S/C13H21NO2S.C11H22N2O2.CH4O/c1-4-6-9-12(3)13(5-2)17(15,16)14-10-7-8-11-14;1-12(2)10-5-4-7-13(8-6-10)11(14)9-15-3;1-2/h4-6,9H,7-8,10-11H2,1-3H3;10H,4-9H2,1-3H3;2H,1H3/b6-4-,12-9-,13-5-;;. The Balaban J connectivity index is 0.000000601. The first kappa shape index (κ1) is 32.5. The maximum atomic E-state index is 12.4. The number of carbonyl (C=O) groups is 1. The summed E-state index contributed by atoms with van der Waals surface area (Å²) >= 11 is 0. The molecule has 0 aromatic heterocycles. The van der Waals surface area contributed by atoms with Crippen LogP contribution in [0.15, 0.2) is 34.8 Å². The largest absolute Gasteiger partial charge is 0.400 e. The van der Waals surface area contributed by atoms with Crippen molar-refractivity contribution in [3.63, 3.8) is 0 Å². The smallest absolute Gasteiger partial charge is 0.248 e. The van der Waals surface area contributed by atoms with Crippen LogP contribution in [0.25, 0.3) is 0 Å². The molecule has 1 N–H and O–H groups in total. The summed E-state index contributed by atoms with van der Waals surface area (Å²) in [5.74, 6) is 0.122. The minimum absolute atomic E-state index is 0.122. The zero-order chi connectivity index (χ0) is 26.1. The number of carbonyl (C=O) groups excluding carboxylic acids is 1. The molecule has 0 aromatic rings. The van der Waals surface area contributed by atoms with Crippen LogP contribution >= 0.6 is 0 Å². The molecular weight excluding hydrogens is 454 g/mol. The maximum Gasteiger partial charge on any atom is 0.248 e. The predicted octanol–water partition coefficient (Wildman–Crippen LogP) is 3.02. The molecule has 0 radical (unpaired) electrons. The van der Waals surface area contributed by atoms with Gasteiger partial charge in [-0.1, -0.05) is 24.3 Å². The summed E-state index contributed by atoms with van der Waals surface area (Å²) in [6.07, 6.45) is 12.6. The topological polar surface area (TPSA) is 90.4 Å². The second-order valence-electron chi connectivity index (χ2n) is 8.50. The molecule has 2 heterocycles. The average Bonchev–Trinajstić information content (AvgIpc) is 3.25. The highest BCUT2D eigenvalue weighted by Gasteiger charge is 2.29. The van der Waals surface area contributed by atoms with Crippen molar-refractivity contribution in [3.8, 4) is 0 Å². The van der Waals surface area contributed by atoms with Gasteiger partial charge >= 0.3 is 0 Å². The summed E-state index contributed by atoms with van der Waals surface area (Å²) in [4.78, 5) is 16.2. The molecule has 1 atom stereocenters. The zero-order valence-corrected chi connectivity index (χ0v) is 23.1. The van der Waals surface area contributed by atoms with Gasteiger partial charge in [0.1, 0.15) is 6.61 Å². The molecule has 2 fully saturated rings. The summed E-state index contributed by atoms with van der Waals surface area (Å²) in [6.45, 7) is 8.78. The Hall–Kier alpha value is -1.52. The number of ether oxygens (including phenoxy) is 1. The monoisotopic (exact) mass is 501 g/mol. The number of methoxy groups -OCH3 is 1. The number of hydrogen-bond donors (Lipinski definition) is 1. The fourth-order valence-electron chi connectivity index (χ4n) is 4.03. The van der Waals surface area contributed by atoms with Gasteiger partial charge in [-0.25, -0.2) is 8.42 Å². The minimum atomic E-state index is -3.29. The van der Waals surface area contributed by atoms with Crippen LogP contribution in [0.5, 0.6) is 0 Å². The molecule has 1 unspecified atom stereocenters. The summed E-state index contributed by atoms with van der Waals surface area (Å²) in [5.41, 5.74) is 0.789. The third-order valence-corrected chi connectivity index (χ3v) is 8.08. The van der Waals surface area contributed by atoms with E-state index in [9.17, 15) is 13.2 Å². The van der Waals surface area contributed by atoms with Crippen LogP contribution in [0, 0.1) is 0 Å². The van der Waals surface area contributed by atoms with E-state index >= 15 is 0 Å². The number of rotatable bonds is 7. The van der Waals surface area contributed by atoms with E-state index in [-0.39, 0.29) is 12.5 Å². The van der Waals surface area contributed by atoms with Crippen LogP contribution in [-0.4, -0.2) is 101 Å². The van der Waals surface area contributed by atoms with Crippen molar-refractivity contribution in [2.75, 3.05) is 61.1 Å². The number of likely N-dealkylation sites (tertiary alicyclic amines) is 1. The fraction of sp³-hybridized carbons (Fsp3) is 0.720. The Morgan fingerprint density at radius 2 is 1.68 bits per heavy atom. The van der Waals surface area contributed by atoms with Gasteiger partial charge in [-0.2, -0.15) is 4.31 Å². The van der Waals surface area contributed by atoms with Crippen LogP contribution in [0.3, 0.4) is 0 Å². The number of amides is 1. The first-order chi connectivity index (χ1) is 16.2. The van der Waals surface area contributed by atoms with E-state index in [0.29, 0.717) is 24.0 Å². The molecule has 34 heavy (non-hydrogen) atoms. The second kappa shape index (κ2) is 17.8. The lowest BCUT2D eigenvalue weighted by Crippen LogP contribution is -2.35. The van der Waals surface area contributed by atoms with Crippen molar-refractivity contribution in [1.82, 2.24) is 14.1 Å². The van der Waals surface area contributed by atoms with Crippen LogP contribution in [0.4, 0.5) is 0 Å². The summed E-state index contributed by atoms with van der Waals surface area (Å²) in [6, 6.07) is 0.616. The molecule has 0 aliphatic carbocycles. The highest BCUT2D eigenvalue weighted by molar-refractivity contribution is 7.93. The SMILES string of the molecule is CO.COCC(=O)N1CCCC(N(C)C)CC1.C\C=C/C=C(C)\C(=C\C)S(=O)(=O)N1CCCC1. The number of aliphatic hydroxyl groups is 1. The van der Waals surface area contributed by atoms with E-state index < -0.39 is 10.0 Å². The van der Waals surface area contributed by atoms with Crippen molar-refractivity contribution in [1.29, 1.82) is 0 Å². The van der Waals surface area contributed by atoms with E-state index in [4.69, 9.17) is 9.84 Å². The molecule has 2 aliphatic rings. The van der Waals surface area contributed by atoms with Crippen molar-refractivity contribution in [2.24, 2.45) is 0 Å². The van der Waals surface area contributed by atoms with Crippen LogP contribution in [0.2, 0.25) is 0 Å². The summed E-state index contributed by atoms with van der Waals surface area (Å²) in [7, 11) is 3.50. The van der Waals surface area contributed by atoms with Gasteiger partial charge in [-0.05, 0) is 72.5 Å². The van der Waals surface area contributed by atoms with E-state index in [0.717, 1.165) is 51.5 Å². The normalized spacial score (nSPS) is 20.5. The van der Waals surface area contributed by atoms with Gasteiger partial charge in [-0.3, -0.25) is 4.79 Å². The fourth-order valence-corrected chi connectivity index (χ4v) is 5.82. The molecular formula is C25H47N3O5S. The minimum Gasteiger partial charge on any atom is -0.400 e. The number of sulfonamides is 1. The average molecular weight is 502 g/mol. The van der Waals surface area contributed by atoms with Crippen molar-refractivity contribution in [2.45, 2.75) is 58.9 Å². The number of aliphatic hydroxyl groups excluding tert-OH is 1. The Morgan fingerprint density at radius 3 is 2.18 bits per heavy atom. The van der Waals surface area contributed by atoms with E-state index in [2.05, 4.69) is 19.0 Å².